The summed E-state index contributed by atoms with van der Waals surface area (Å²) in [5.41, 5.74) is 4.54. The Hall–Kier alpha value is -2.47. The number of hydrogen-bond acceptors (Lipinski definition) is 3. The summed E-state index contributed by atoms with van der Waals surface area (Å²) in [4.78, 5) is 2.05. The van der Waals surface area contributed by atoms with Gasteiger partial charge in [-0.1, -0.05) is 31.2 Å². The monoisotopic (exact) mass is 308 g/mol. The molecule has 0 aliphatic rings. The third kappa shape index (κ3) is 4.04. The number of hydrogen-bond donors (Lipinski definition) is 0. The minimum atomic E-state index is -0.174. The second-order valence-corrected chi connectivity index (χ2v) is 5.87. The quantitative estimate of drug-likeness (QED) is 0.803. The standard InChI is InChI=1S/C20H24N2O/c1-5-15-6-11-20(23-4)17(12-15)13-18(14-21)16-7-9-19(10-8-16)22(2)3/h6-12,18H,5,13H2,1-4H3. The second kappa shape index (κ2) is 7.69. The van der Waals surface area contributed by atoms with Gasteiger partial charge in [0.1, 0.15) is 5.75 Å². The molecule has 0 fully saturated rings. The lowest BCUT2D eigenvalue weighted by molar-refractivity contribution is 0.409. The van der Waals surface area contributed by atoms with E-state index in [0.29, 0.717) is 6.42 Å². The number of ether oxygens (including phenoxy) is 1. The summed E-state index contributed by atoms with van der Waals surface area (Å²) in [6, 6.07) is 16.9. The van der Waals surface area contributed by atoms with Crippen LogP contribution in [0.5, 0.6) is 5.75 Å². The van der Waals surface area contributed by atoms with Crippen LogP contribution in [-0.4, -0.2) is 21.2 Å². The molecular weight excluding hydrogens is 284 g/mol. The molecule has 0 N–H and O–H groups in total. The zero-order chi connectivity index (χ0) is 16.8. The Kier molecular flexibility index (Phi) is 5.65. The fraction of sp³-hybridized carbons (Fsp3) is 0.350. The number of anilines is 1. The van der Waals surface area contributed by atoms with Crippen molar-refractivity contribution >= 4 is 5.69 Å². The van der Waals surface area contributed by atoms with Crippen molar-refractivity contribution in [3.63, 3.8) is 0 Å². The smallest absolute Gasteiger partial charge is 0.122 e. The number of nitrogens with zero attached hydrogens (tertiary/aromatic N) is 2. The third-order valence-electron chi connectivity index (χ3n) is 4.14. The van der Waals surface area contributed by atoms with E-state index >= 15 is 0 Å². The summed E-state index contributed by atoms with van der Waals surface area (Å²) in [6.45, 7) is 2.13. The first-order valence-electron chi connectivity index (χ1n) is 7.91. The summed E-state index contributed by atoms with van der Waals surface area (Å²) in [6.07, 6.45) is 1.64. The van der Waals surface area contributed by atoms with Gasteiger partial charge in [0.05, 0.1) is 19.1 Å². The van der Waals surface area contributed by atoms with Gasteiger partial charge in [-0.15, -0.1) is 0 Å². The second-order valence-electron chi connectivity index (χ2n) is 5.87. The van der Waals surface area contributed by atoms with Gasteiger partial charge in [0.2, 0.25) is 0 Å². The van der Waals surface area contributed by atoms with Crippen LogP contribution < -0.4 is 9.64 Å². The highest BCUT2D eigenvalue weighted by molar-refractivity contribution is 5.48. The molecule has 0 aromatic heterocycles. The van der Waals surface area contributed by atoms with Crippen LogP contribution in [0.4, 0.5) is 5.69 Å². The van der Waals surface area contributed by atoms with Gasteiger partial charge in [0.25, 0.3) is 0 Å². The van der Waals surface area contributed by atoms with Crippen LogP contribution in [0.2, 0.25) is 0 Å². The fourth-order valence-corrected chi connectivity index (χ4v) is 2.67. The van der Waals surface area contributed by atoms with E-state index in [0.717, 1.165) is 29.0 Å². The zero-order valence-electron chi connectivity index (χ0n) is 14.3. The number of aryl methyl sites for hydroxylation is 1. The summed E-state index contributed by atoms with van der Waals surface area (Å²) in [5.74, 6) is 0.680. The molecule has 1 atom stereocenters. The van der Waals surface area contributed by atoms with Crippen molar-refractivity contribution in [3.8, 4) is 11.8 Å². The molecule has 0 spiro atoms. The van der Waals surface area contributed by atoms with Crippen molar-refractivity contribution < 1.29 is 4.74 Å². The van der Waals surface area contributed by atoms with Crippen molar-refractivity contribution in [2.75, 3.05) is 26.1 Å². The van der Waals surface area contributed by atoms with Crippen molar-refractivity contribution in [2.45, 2.75) is 25.7 Å². The Morgan fingerprint density at radius 2 is 1.83 bits per heavy atom. The zero-order valence-corrected chi connectivity index (χ0v) is 14.3. The Labute approximate surface area is 139 Å². The third-order valence-corrected chi connectivity index (χ3v) is 4.14. The summed E-state index contributed by atoms with van der Waals surface area (Å²) < 4.78 is 5.46. The van der Waals surface area contributed by atoms with E-state index in [-0.39, 0.29) is 5.92 Å². The SMILES string of the molecule is CCc1ccc(OC)c(CC(C#N)c2ccc(N(C)C)cc2)c1. The van der Waals surface area contributed by atoms with Gasteiger partial charge in [0.15, 0.2) is 0 Å². The minimum absolute atomic E-state index is 0.174. The van der Waals surface area contributed by atoms with Gasteiger partial charge in [0, 0.05) is 19.8 Å². The van der Waals surface area contributed by atoms with Crippen LogP contribution in [0.1, 0.15) is 29.5 Å². The van der Waals surface area contributed by atoms with Gasteiger partial charge in [-0.3, -0.25) is 0 Å². The summed E-state index contributed by atoms with van der Waals surface area (Å²) in [5, 5.41) is 9.61. The van der Waals surface area contributed by atoms with Gasteiger partial charge >= 0.3 is 0 Å². The maximum atomic E-state index is 9.61. The van der Waals surface area contributed by atoms with E-state index in [1.807, 2.05) is 32.3 Å². The molecule has 2 rings (SSSR count). The van der Waals surface area contributed by atoms with Gasteiger partial charge < -0.3 is 9.64 Å². The molecule has 1 unspecified atom stereocenters. The Morgan fingerprint density at radius 3 is 2.35 bits per heavy atom. The average Bonchev–Trinajstić information content (AvgIpc) is 2.59. The van der Waals surface area contributed by atoms with Gasteiger partial charge in [-0.2, -0.15) is 5.26 Å². The van der Waals surface area contributed by atoms with Crippen LogP contribution in [0.15, 0.2) is 42.5 Å². The summed E-state index contributed by atoms with van der Waals surface area (Å²) >= 11 is 0. The highest BCUT2D eigenvalue weighted by Gasteiger charge is 2.15. The molecule has 0 radical (unpaired) electrons. The van der Waals surface area contributed by atoms with Crippen LogP contribution in [0.25, 0.3) is 0 Å². The highest BCUT2D eigenvalue weighted by Crippen LogP contribution is 2.28. The van der Waals surface area contributed by atoms with Gasteiger partial charge in [-0.05, 0) is 47.7 Å². The van der Waals surface area contributed by atoms with E-state index in [9.17, 15) is 5.26 Å². The topological polar surface area (TPSA) is 36.3 Å². The molecule has 3 heteroatoms. The number of rotatable bonds is 6. The Morgan fingerprint density at radius 1 is 1.13 bits per heavy atom. The molecule has 0 bridgehead atoms. The van der Waals surface area contributed by atoms with Crippen molar-refractivity contribution in [2.24, 2.45) is 0 Å². The molecule has 3 nitrogen and oxygen atoms in total. The molecule has 0 aliphatic heterocycles. The van der Waals surface area contributed by atoms with E-state index in [1.165, 1.54) is 5.56 Å². The molecule has 0 amide bonds. The predicted octanol–water partition coefficient (Wildman–Crippen LogP) is 4.17. The van der Waals surface area contributed by atoms with Gasteiger partial charge in [-0.25, -0.2) is 0 Å². The first-order chi connectivity index (χ1) is 11.1. The molecule has 0 aliphatic carbocycles. The fourth-order valence-electron chi connectivity index (χ4n) is 2.67. The van der Waals surface area contributed by atoms with E-state index < -0.39 is 0 Å². The Balaban J connectivity index is 2.27. The minimum Gasteiger partial charge on any atom is -0.496 e. The van der Waals surface area contributed by atoms with Crippen LogP contribution in [-0.2, 0) is 12.8 Å². The van der Waals surface area contributed by atoms with Crippen molar-refractivity contribution in [1.82, 2.24) is 0 Å². The number of methoxy groups -OCH3 is 1. The largest absolute Gasteiger partial charge is 0.496 e. The molecule has 2 aromatic carbocycles. The molecular formula is C20H24N2O. The molecule has 0 saturated heterocycles. The molecule has 0 heterocycles. The molecule has 0 saturated carbocycles. The Bertz CT molecular complexity index is 684. The number of nitriles is 1. The molecule has 2 aromatic rings. The first-order valence-corrected chi connectivity index (χ1v) is 7.91. The number of benzene rings is 2. The van der Waals surface area contributed by atoms with Crippen LogP contribution >= 0.6 is 0 Å². The van der Waals surface area contributed by atoms with Crippen molar-refractivity contribution in [1.29, 1.82) is 5.26 Å². The summed E-state index contributed by atoms with van der Waals surface area (Å²) in [7, 11) is 5.70. The van der Waals surface area contributed by atoms with E-state index in [2.05, 4.69) is 42.2 Å². The van der Waals surface area contributed by atoms with E-state index in [1.54, 1.807) is 7.11 Å². The lowest BCUT2D eigenvalue weighted by Crippen LogP contribution is -2.09. The average molecular weight is 308 g/mol. The first kappa shape index (κ1) is 16.9. The predicted molar refractivity (Wildman–Crippen MR) is 95.2 cm³/mol. The van der Waals surface area contributed by atoms with Crippen LogP contribution in [0.3, 0.4) is 0 Å². The normalized spacial score (nSPS) is 11.6. The lowest BCUT2D eigenvalue weighted by Gasteiger charge is -2.16. The highest BCUT2D eigenvalue weighted by atomic mass is 16.5. The maximum absolute atomic E-state index is 9.61. The van der Waals surface area contributed by atoms with E-state index in [4.69, 9.17) is 4.74 Å². The van der Waals surface area contributed by atoms with Crippen molar-refractivity contribution in [3.05, 3.63) is 59.2 Å². The van der Waals surface area contributed by atoms with Crippen LogP contribution in [0, 0.1) is 11.3 Å². The molecule has 23 heavy (non-hydrogen) atoms. The lowest BCUT2D eigenvalue weighted by atomic mass is 9.91. The maximum Gasteiger partial charge on any atom is 0.122 e. The molecule has 120 valence electrons.